The number of rotatable bonds is 7. The van der Waals surface area contributed by atoms with Crippen molar-refractivity contribution in [1.29, 1.82) is 0 Å². The van der Waals surface area contributed by atoms with Gasteiger partial charge < -0.3 is 14.8 Å². The van der Waals surface area contributed by atoms with Gasteiger partial charge in [0.05, 0.1) is 28.6 Å². The van der Waals surface area contributed by atoms with Crippen LogP contribution in [0.1, 0.15) is 27.0 Å². The Kier molecular flexibility index (Phi) is 8.21. The third-order valence-corrected chi connectivity index (χ3v) is 6.11. The van der Waals surface area contributed by atoms with Crippen molar-refractivity contribution in [3.8, 4) is 5.88 Å². The lowest BCUT2D eigenvalue weighted by Gasteiger charge is -2.16. The molecule has 1 aliphatic heterocycles. The average Bonchev–Trinajstić information content (AvgIpc) is 2.96. The summed E-state index contributed by atoms with van der Waals surface area (Å²) in [6.45, 7) is 0.318. The van der Waals surface area contributed by atoms with Gasteiger partial charge in [-0.25, -0.2) is 9.37 Å². The van der Waals surface area contributed by atoms with E-state index in [1.54, 1.807) is 24.3 Å². The van der Waals surface area contributed by atoms with Gasteiger partial charge in [0.25, 0.3) is 5.91 Å². The SMILES string of the molecule is COCCOc1ncc(F)cc1C(=O)N[C@H]1N=C(c2c(Cl)cc(Cl)cc2Cl)c2ccccc2CC1=O. The number of benzene rings is 2. The van der Waals surface area contributed by atoms with Gasteiger partial charge >= 0.3 is 0 Å². The standard InChI is InChI=1S/C25H19Cl3FN3O4/c1-35-6-7-36-25-17(11-15(29)12-30-25)24(34)32-23-20(33)8-13-4-2-3-5-16(13)22(31-23)21-18(27)9-14(26)10-19(21)28/h2-5,9-12,23H,6-8H2,1H3,(H,32,34)/t23-/m1/s1. The van der Waals surface area contributed by atoms with Crippen molar-refractivity contribution in [2.24, 2.45) is 4.99 Å². The van der Waals surface area contributed by atoms with E-state index in [9.17, 15) is 14.0 Å². The van der Waals surface area contributed by atoms with Crippen molar-refractivity contribution >= 4 is 52.2 Å². The van der Waals surface area contributed by atoms with E-state index in [4.69, 9.17) is 44.3 Å². The van der Waals surface area contributed by atoms with Crippen LogP contribution in [0.4, 0.5) is 4.39 Å². The monoisotopic (exact) mass is 549 g/mol. The first-order chi connectivity index (χ1) is 17.3. The molecule has 0 saturated carbocycles. The molecule has 0 spiro atoms. The lowest BCUT2D eigenvalue weighted by molar-refractivity contribution is -0.120. The van der Waals surface area contributed by atoms with E-state index in [0.717, 1.165) is 12.3 Å². The Morgan fingerprint density at radius 3 is 2.58 bits per heavy atom. The minimum absolute atomic E-state index is 0.0183. The molecule has 1 aromatic heterocycles. The summed E-state index contributed by atoms with van der Waals surface area (Å²) < 4.78 is 24.3. The number of ether oxygens (including phenoxy) is 2. The van der Waals surface area contributed by atoms with Gasteiger partial charge in [0.15, 0.2) is 11.9 Å². The van der Waals surface area contributed by atoms with E-state index >= 15 is 0 Å². The third-order valence-electron chi connectivity index (χ3n) is 5.30. The molecule has 0 fully saturated rings. The second kappa shape index (κ2) is 11.3. The fourth-order valence-electron chi connectivity index (χ4n) is 3.67. The number of halogens is 4. The highest BCUT2D eigenvalue weighted by molar-refractivity contribution is 6.43. The molecular weight excluding hydrogens is 532 g/mol. The molecule has 0 unspecified atom stereocenters. The summed E-state index contributed by atoms with van der Waals surface area (Å²) >= 11 is 19.0. The maximum absolute atomic E-state index is 13.9. The highest BCUT2D eigenvalue weighted by Gasteiger charge is 2.30. The first-order valence-electron chi connectivity index (χ1n) is 10.7. The second-order valence-electron chi connectivity index (χ2n) is 7.75. The van der Waals surface area contributed by atoms with Crippen molar-refractivity contribution in [1.82, 2.24) is 10.3 Å². The Hall–Kier alpha value is -3.04. The minimum Gasteiger partial charge on any atom is -0.475 e. The molecule has 1 amide bonds. The number of Topliss-reactive ketones (excluding diaryl/α,β-unsaturated/α-hetero) is 1. The first-order valence-corrected chi connectivity index (χ1v) is 11.8. The van der Waals surface area contributed by atoms with Gasteiger partial charge in [0.1, 0.15) is 18.0 Å². The van der Waals surface area contributed by atoms with Gasteiger partial charge in [0, 0.05) is 29.7 Å². The molecule has 11 heteroatoms. The maximum Gasteiger partial charge on any atom is 0.258 e. The van der Waals surface area contributed by atoms with Crippen LogP contribution in [-0.4, -0.2) is 48.9 Å². The number of fused-ring (bicyclic) bond motifs is 1. The highest BCUT2D eigenvalue weighted by Crippen LogP contribution is 2.33. The number of carbonyl (C=O) groups excluding carboxylic acids is 2. The predicted octanol–water partition coefficient (Wildman–Crippen LogP) is 4.92. The fourth-order valence-corrected chi connectivity index (χ4v) is 4.66. The molecule has 0 radical (unpaired) electrons. The van der Waals surface area contributed by atoms with E-state index < -0.39 is 23.7 Å². The number of hydrogen-bond acceptors (Lipinski definition) is 6. The molecule has 1 aliphatic rings. The summed E-state index contributed by atoms with van der Waals surface area (Å²) in [7, 11) is 1.49. The molecule has 4 rings (SSSR count). The van der Waals surface area contributed by atoms with E-state index in [1.165, 1.54) is 19.2 Å². The molecule has 0 aliphatic carbocycles. The van der Waals surface area contributed by atoms with Crippen LogP contribution in [0.15, 0.2) is 53.7 Å². The van der Waals surface area contributed by atoms with Gasteiger partial charge in [-0.3, -0.25) is 14.6 Å². The Bertz CT molecular complexity index is 1340. The molecule has 2 aromatic carbocycles. The molecule has 0 bridgehead atoms. The lowest BCUT2D eigenvalue weighted by Crippen LogP contribution is -2.40. The van der Waals surface area contributed by atoms with Crippen LogP contribution >= 0.6 is 34.8 Å². The summed E-state index contributed by atoms with van der Waals surface area (Å²) in [6.07, 6.45) is -0.416. The molecular formula is C25H19Cl3FN3O4. The second-order valence-corrected chi connectivity index (χ2v) is 9.00. The molecule has 1 atom stereocenters. The lowest BCUT2D eigenvalue weighted by atomic mass is 9.96. The Labute approximate surface area is 221 Å². The van der Waals surface area contributed by atoms with Crippen molar-refractivity contribution in [3.63, 3.8) is 0 Å². The van der Waals surface area contributed by atoms with E-state index in [-0.39, 0.29) is 41.1 Å². The smallest absolute Gasteiger partial charge is 0.258 e. The summed E-state index contributed by atoms with van der Waals surface area (Å²) in [6, 6.07) is 11.1. The highest BCUT2D eigenvalue weighted by atomic mass is 35.5. The van der Waals surface area contributed by atoms with Crippen molar-refractivity contribution in [2.45, 2.75) is 12.6 Å². The number of carbonyl (C=O) groups is 2. The number of hydrogen-bond donors (Lipinski definition) is 1. The van der Waals surface area contributed by atoms with E-state index in [1.807, 2.05) is 0 Å². The Morgan fingerprint density at radius 1 is 1.14 bits per heavy atom. The van der Waals surface area contributed by atoms with Crippen LogP contribution in [-0.2, 0) is 16.0 Å². The number of aromatic nitrogens is 1. The number of aliphatic imine (C=N–C) groups is 1. The van der Waals surface area contributed by atoms with Gasteiger partial charge in [-0.2, -0.15) is 0 Å². The summed E-state index contributed by atoms with van der Waals surface area (Å²) in [5.41, 5.74) is 1.78. The summed E-state index contributed by atoms with van der Waals surface area (Å²) in [5.74, 6) is -2.04. The number of ketones is 1. The Balaban J connectivity index is 1.75. The average molecular weight is 551 g/mol. The van der Waals surface area contributed by atoms with Crippen LogP contribution in [0.3, 0.4) is 0 Å². The minimum atomic E-state index is -1.32. The zero-order valence-electron chi connectivity index (χ0n) is 18.9. The predicted molar refractivity (Wildman–Crippen MR) is 135 cm³/mol. The zero-order chi connectivity index (χ0) is 25.8. The summed E-state index contributed by atoms with van der Waals surface area (Å²) in [4.78, 5) is 34.7. The van der Waals surface area contributed by atoms with Gasteiger partial charge in [-0.05, 0) is 23.8 Å². The number of nitrogens with zero attached hydrogens (tertiary/aromatic N) is 2. The third kappa shape index (κ3) is 5.68. The van der Waals surface area contributed by atoms with Crippen LogP contribution in [0.25, 0.3) is 0 Å². The molecule has 1 N–H and O–H groups in total. The Morgan fingerprint density at radius 2 is 1.86 bits per heavy atom. The van der Waals surface area contributed by atoms with Crippen molar-refractivity contribution in [3.05, 3.63) is 91.8 Å². The van der Waals surface area contributed by atoms with Gasteiger partial charge in [-0.15, -0.1) is 0 Å². The molecule has 3 aromatic rings. The fraction of sp³-hybridized carbons (Fsp3) is 0.200. The zero-order valence-corrected chi connectivity index (χ0v) is 21.1. The van der Waals surface area contributed by atoms with Crippen LogP contribution in [0.5, 0.6) is 5.88 Å². The van der Waals surface area contributed by atoms with E-state index in [2.05, 4.69) is 15.3 Å². The van der Waals surface area contributed by atoms with Gasteiger partial charge in [0.2, 0.25) is 5.88 Å². The first kappa shape index (κ1) is 26.0. The van der Waals surface area contributed by atoms with Crippen LogP contribution < -0.4 is 10.1 Å². The number of amides is 1. The normalized spacial score (nSPS) is 15.1. The number of pyridine rings is 1. The van der Waals surface area contributed by atoms with Crippen molar-refractivity contribution < 1.29 is 23.5 Å². The number of nitrogens with one attached hydrogen (secondary N) is 1. The quantitative estimate of drug-likeness (QED) is 0.422. The summed E-state index contributed by atoms with van der Waals surface area (Å²) in [5, 5.41) is 3.34. The van der Waals surface area contributed by atoms with E-state index in [0.29, 0.717) is 27.4 Å². The van der Waals surface area contributed by atoms with Crippen molar-refractivity contribution in [2.75, 3.05) is 20.3 Å². The largest absolute Gasteiger partial charge is 0.475 e. The molecule has 7 nitrogen and oxygen atoms in total. The molecule has 2 heterocycles. The molecule has 186 valence electrons. The topological polar surface area (TPSA) is 89.9 Å². The molecule has 36 heavy (non-hydrogen) atoms. The van der Waals surface area contributed by atoms with Crippen LogP contribution in [0, 0.1) is 5.82 Å². The number of methoxy groups -OCH3 is 1. The van der Waals surface area contributed by atoms with Crippen LogP contribution in [0.2, 0.25) is 15.1 Å². The molecule has 0 saturated heterocycles. The van der Waals surface area contributed by atoms with Gasteiger partial charge in [-0.1, -0.05) is 59.1 Å². The maximum atomic E-state index is 13.9.